The van der Waals surface area contributed by atoms with E-state index in [2.05, 4.69) is 35.6 Å². The van der Waals surface area contributed by atoms with E-state index in [4.69, 9.17) is 10.9 Å². The van der Waals surface area contributed by atoms with Gasteiger partial charge in [0.1, 0.15) is 9.79 Å². The predicted octanol–water partition coefficient (Wildman–Crippen LogP) is -1.14. The van der Waals surface area contributed by atoms with Gasteiger partial charge in [0.25, 0.3) is 0 Å². The van der Waals surface area contributed by atoms with Gasteiger partial charge in [-0.05, 0) is 24.2 Å². The first-order chi connectivity index (χ1) is 14.2. The number of benzene rings is 1. The molecule has 0 amide bonds. The summed E-state index contributed by atoms with van der Waals surface area (Å²) in [7, 11) is -8.77. The minimum absolute atomic E-state index is 0.109. The number of aromatic amines is 1. The number of hydrogen-bond acceptors (Lipinski definition) is 11. The van der Waals surface area contributed by atoms with Crippen LogP contribution < -0.4 is 20.9 Å². The Labute approximate surface area is 175 Å². The summed E-state index contributed by atoms with van der Waals surface area (Å²) in [5.74, 6) is -0.138. The van der Waals surface area contributed by atoms with Crippen LogP contribution in [0.4, 0.5) is 5.13 Å². The number of nitrogens with one attached hydrogen (secondary N) is 3. The van der Waals surface area contributed by atoms with Crippen LogP contribution in [0.25, 0.3) is 21.8 Å². The van der Waals surface area contributed by atoms with Gasteiger partial charge in [-0.25, -0.2) is 31.7 Å². The number of tetrazole rings is 1. The number of sulfonamides is 2. The molecule has 0 aliphatic carbocycles. The maximum Gasteiger partial charge on any atom is 0.242 e. The molecule has 3 heterocycles. The third-order valence-electron chi connectivity index (χ3n) is 4.44. The Bertz CT molecular complexity index is 1280. The molecule has 1 unspecified atom stereocenters. The molecule has 7 N–H and O–H groups in total. The largest absolute Gasteiger partial charge is 0.375 e. The highest BCUT2D eigenvalue weighted by molar-refractivity contribution is 7.92. The van der Waals surface area contributed by atoms with E-state index in [1.54, 1.807) is 0 Å². The molecule has 0 radical (unpaired) electrons. The number of rotatable bonds is 6. The molecule has 30 heavy (non-hydrogen) atoms. The highest BCUT2D eigenvalue weighted by Gasteiger charge is 2.33. The highest BCUT2D eigenvalue weighted by atomic mass is 32.2. The van der Waals surface area contributed by atoms with E-state index in [0.29, 0.717) is 30.0 Å². The number of hydrogen-bond donors (Lipinski definition) is 5. The first-order valence-electron chi connectivity index (χ1n) is 8.55. The van der Waals surface area contributed by atoms with Crippen LogP contribution in [-0.2, 0) is 20.0 Å². The fraction of sp³-hybridized carbons (Fsp3) is 0.286. The third-order valence-corrected chi connectivity index (χ3v) is 7.98. The molecule has 0 bridgehead atoms. The highest BCUT2D eigenvalue weighted by Crippen LogP contribution is 2.40. The van der Waals surface area contributed by atoms with Gasteiger partial charge in [0.05, 0.1) is 10.4 Å². The number of anilines is 1. The van der Waals surface area contributed by atoms with Gasteiger partial charge < -0.3 is 11.1 Å². The molecule has 1 aliphatic rings. The van der Waals surface area contributed by atoms with Gasteiger partial charge in [-0.2, -0.15) is 5.21 Å². The molecule has 16 heteroatoms. The van der Waals surface area contributed by atoms with E-state index in [1.165, 1.54) is 18.3 Å². The summed E-state index contributed by atoms with van der Waals surface area (Å²) >= 11 is 1.08. The molecule has 1 aliphatic heterocycles. The first-order valence-corrected chi connectivity index (χ1v) is 12.4. The summed E-state index contributed by atoms with van der Waals surface area (Å²) in [5, 5.41) is 22.1. The summed E-state index contributed by atoms with van der Waals surface area (Å²) in [6.07, 6.45) is 2.00. The number of H-pyrrole nitrogens is 1. The average molecular weight is 472 g/mol. The third kappa shape index (κ3) is 3.92. The summed E-state index contributed by atoms with van der Waals surface area (Å²) in [6, 6.07) is 2.24. The van der Waals surface area contributed by atoms with Crippen molar-refractivity contribution in [2.75, 3.05) is 18.8 Å². The molecule has 3 aromatic rings. The van der Waals surface area contributed by atoms with Crippen molar-refractivity contribution in [1.82, 2.24) is 35.6 Å². The van der Waals surface area contributed by atoms with Gasteiger partial charge in [0.15, 0.2) is 5.13 Å². The van der Waals surface area contributed by atoms with Crippen LogP contribution in [0.3, 0.4) is 0 Å². The second-order valence-electron chi connectivity index (χ2n) is 6.47. The maximum absolute atomic E-state index is 13.1. The number of nitrogen functional groups attached to an aromatic ring is 1. The molecule has 1 aromatic carbocycles. The van der Waals surface area contributed by atoms with Crippen LogP contribution >= 0.6 is 11.3 Å². The zero-order valence-corrected chi connectivity index (χ0v) is 17.7. The number of nitrogens with two attached hydrogens (primary N) is 2. The summed E-state index contributed by atoms with van der Waals surface area (Å²) in [5.41, 5.74) is 5.89. The molecular formula is C14H17N9O4S3. The van der Waals surface area contributed by atoms with E-state index >= 15 is 0 Å². The van der Waals surface area contributed by atoms with Crippen LogP contribution in [-0.4, -0.2) is 61.6 Å². The fourth-order valence-corrected chi connectivity index (χ4v) is 6.79. The van der Waals surface area contributed by atoms with Crippen molar-refractivity contribution < 1.29 is 16.8 Å². The minimum atomic E-state index is -4.53. The summed E-state index contributed by atoms with van der Waals surface area (Å²) in [4.78, 5) is 3.31. The molecule has 1 atom stereocenters. The van der Waals surface area contributed by atoms with Crippen molar-refractivity contribution in [2.45, 2.75) is 22.3 Å². The lowest BCUT2D eigenvalue weighted by atomic mass is 10.1. The van der Waals surface area contributed by atoms with Crippen LogP contribution in [0.15, 0.2) is 28.1 Å². The number of primary sulfonamides is 1. The number of aromatic nitrogens is 5. The standard InChI is InChI=1S/C14H17N9O4S3/c15-14-18-6-9(28-14)8-1-2-10(30(26,27)21-7-3-4-17-5-7)12(29(16,24)25)11(8)13-19-22-23-20-13/h1-2,6-7,17,21H,3-5H2,(H2,15,18)(H2,16,24,25)(H,19,20,22,23). The second kappa shape index (κ2) is 7.64. The molecule has 4 rings (SSSR count). The molecule has 2 aromatic heterocycles. The first kappa shape index (κ1) is 20.8. The fourth-order valence-electron chi connectivity index (χ4n) is 3.20. The van der Waals surface area contributed by atoms with Gasteiger partial charge in [-0.15, -0.1) is 10.2 Å². The topological polar surface area (TPSA) is 212 Å². The lowest BCUT2D eigenvalue weighted by Gasteiger charge is -2.17. The second-order valence-corrected chi connectivity index (χ2v) is 10.7. The molecule has 0 spiro atoms. The normalized spacial score (nSPS) is 17.4. The average Bonchev–Trinajstić information content (AvgIpc) is 3.42. The SMILES string of the molecule is Nc1ncc(-c2ccc(S(=O)(=O)NC3CCNC3)c(S(N)(=O)=O)c2-c2nn[nH]n2)s1. The van der Waals surface area contributed by atoms with Gasteiger partial charge >= 0.3 is 0 Å². The molecule has 160 valence electrons. The molecular weight excluding hydrogens is 454 g/mol. The van der Waals surface area contributed by atoms with Crippen molar-refractivity contribution >= 4 is 36.5 Å². The zero-order valence-electron chi connectivity index (χ0n) is 15.2. The summed E-state index contributed by atoms with van der Waals surface area (Å²) in [6.45, 7) is 1.08. The van der Waals surface area contributed by atoms with Crippen LogP contribution in [0.5, 0.6) is 0 Å². The van der Waals surface area contributed by atoms with Gasteiger partial charge in [0.2, 0.25) is 25.9 Å². The van der Waals surface area contributed by atoms with Gasteiger partial charge in [0, 0.05) is 24.3 Å². The van der Waals surface area contributed by atoms with Crippen molar-refractivity contribution in [3.63, 3.8) is 0 Å². The Balaban J connectivity index is 2.00. The van der Waals surface area contributed by atoms with Crippen molar-refractivity contribution in [1.29, 1.82) is 0 Å². The van der Waals surface area contributed by atoms with Crippen molar-refractivity contribution in [3.05, 3.63) is 18.3 Å². The van der Waals surface area contributed by atoms with E-state index in [0.717, 1.165) is 11.3 Å². The minimum Gasteiger partial charge on any atom is -0.375 e. The van der Waals surface area contributed by atoms with E-state index in [1.807, 2.05) is 0 Å². The van der Waals surface area contributed by atoms with E-state index in [-0.39, 0.29) is 22.6 Å². The van der Waals surface area contributed by atoms with Crippen LogP contribution in [0.1, 0.15) is 6.42 Å². The van der Waals surface area contributed by atoms with E-state index < -0.39 is 29.8 Å². The quantitative estimate of drug-likeness (QED) is 0.291. The van der Waals surface area contributed by atoms with Gasteiger partial charge in [-0.3, -0.25) is 0 Å². The Morgan fingerprint density at radius 1 is 1.23 bits per heavy atom. The number of thiazole rings is 1. The lowest BCUT2D eigenvalue weighted by Crippen LogP contribution is -2.37. The number of nitrogens with zero attached hydrogens (tertiary/aromatic N) is 4. The zero-order chi connectivity index (χ0) is 21.5. The van der Waals surface area contributed by atoms with Crippen LogP contribution in [0.2, 0.25) is 0 Å². The predicted molar refractivity (Wildman–Crippen MR) is 108 cm³/mol. The van der Waals surface area contributed by atoms with E-state index in [9.17, 15) is 16.8 Å². The molecule has 1 fully saturated rings. The van der Waals surface area contributed by atoms with Crippen molar-refractivity contribution in [2.24, 2.45) is 5.14 Å². The molecule has 1 saturated heterocycles. The van der Waals surface area contributed by atoms with Crippen molar-refractivity contribution in [3.8, 4) is 21.8 Å². The Morgan fingerprint density at radius 2 is 2.03 bits per heavy atom. The summed E-state index contributed by atoms with van der Waals surface area (Å²) < 4.78 is 53.9. The monoisotopic (exact) mass is 471 g/mol. The van der Waals surface area contributed by atoms with Gasteiger partial charge in [-0.1, -0.05) is 17.4 Å². The molecule has 13 nitrogen and oxygen atoms in total. The Morgan fingerprint density at radius 3 is 2.60 bits per heavy atom. The Kier molecular flexibility index (Phi) is 5.28. The molecule has 0 saturated carbocycles. The smallest absolute Gasteiger partial charge is 0.242 e. The maximum atomic E-state index is 13.1. The van der Waals surface area contributed by atoms with Crippen LogP contribution in [0, 0.1) is 0 Å². The Hall–Kier alpha value is -2.50. The lowest BCUT2D eigenvalue weighted by molar-refractivity contribution is 0.555.